The van der Waals surface area contributed by atoms with Gasteiger partial charge >= 0.3 is 0 Å². The zero-order chi connectivity index (χ0) is 19.4. The molecule has 0 unspecified atom stereocenters. The number of aromatic nitrogens is 6. The van der Waals surface area contributed by atoms with E-state index in [-0.39, 0.29) is 5.92 Å². The Balaban J connectivity index is 1.72. The highest BCUT2D eigenvalue weighted by Crippen LogP contribution is 2.16. The fraction of sp³-hybridized carbons (Fsp3) is 0.389. The number of hydrogen-bond acceptors (Lipinski definition) is 8. The molecule has 1 N–H and O–H groups in total. The highest BCUT2D eigenvalue weighted by Gasteiger charge is 2.11. The molecular formula is C18H24N8O. The summed E-state index contributed by atoms with van der Waals surface area (Å²) in [4.78, 5) is 15.3. The molecule has 0 amide bonds. The lowest BCUT2D eigenvalue weighted by molar-refractivity contribution is 0.414. The lowest BCUT2D eigenvalue weighted by Gasteiger charge is -2.14. The predicted octanol–water partition coefficient (Wildman–Crippen LogP) is 2.26. The molecule has 0 aliphatic carbocycles. The van der Waals surface area contributed by atoms with Gasteiger partial charge in [-0.25, -0.2) is 4.68 Å². The molecular weight excluding hydrogens is 344 g/mol. The first-order valence-corrected chi connectivity index (χ1v) is 8.69. The minimum Gasteiger partial charge on any atom is -0.497 e. The summed E-state index contributed by atoms with van der Waals surface area (Å²) in [5.74, 6) is 2.91. The number of benzene rings is 1. The Bertz CT molecular complexity index is 862. The lowest BCUT2D eigenvalue weighted by Crippen LogP contribution is -2.17. The van der Waals surface area contributed by atoms with Crippen LogP contribution in [0.5, 0.6) is 5.75 Å². The molecule has 9 heteroatoms. The molecule has 0 bridgehead atoms. The average Bonchev–Trinajstić information content (AvgIpc) is 3.15. The molecule has 9 nitrogen and oxygen atoms in total. The highest BCUT2D eigenvalue weighted by atomic mass is 16.5. The summed E-state index contributed by atoms with van der Waals surface area (Å²) in [6, 6.07) is 7.62. The number of hydrogen-bond donors (Lipinski definition) is 1. The van der Waals surface area contributed by atoms with Crippen molar-refractivity contribution in [2.24, 2.45) is 0 Å². The van der Waals surface area contributed by atoms with Gasteiger partial charge in [-0.15, -0.1) is 5.10 Å². The van der Waals surface area contributed by atoms with Crippen molar-refractivity contribution >= 4 is 11.9 Å². The van der Waals surface area contributed by atoms with Crippen LogP contribution in [0.4, 0.5) is 11.9 Å². The summed E-state index contributed by atoms with van der Waals surface area (Å²) in [6.07, 6.45) is 1.87. The van der Waals surface area contributed by atoms with Crippen molar-refractivity contribution in [2.75, 3.05) is 31.4 Å². The van der Waals surface area contributed by atoms with E-state index in [1.54, 1.807) is 11.8 Å². The molecule has 0 saturated heterocycles. The molecule has 0 aliphatic rings. The van der Waals surface area contributed by atoms with Gasteiger partial charge in [-0.1, -0.05) is 19.1 Å². The van der Waals surface area contributed by atoms with Crippen molar-refractivity contribution in [3.05, 3.63) is 42.0 Å². The molecule has 2 aromatic heterocycles. The van der Waals surface area contributed by atoms with Gasteiger partial charge in [-0.05, 0) is 24.3 Å². The first kappa shape index (κ1) is 18.6. The van der Waals surface area contributed by atoms with E-state index in [1.165, 1.54) is 0 Å². The largest absolute Gasteiger partial charge is 0.497 e. The van der Waals surface area contributed by atoms with Gasteiger partial charge in [-0.3, -0.25) is 0 Å². The fourth-order valence-electron chi connectivity index (χ4n) is 2.33. The standard InChI is InChI=1S/C18H24N8O/c1-12(2)16-20-17(22-18(21-16)25(3)4)19-10-13-11-26(24-23-13)14-6-8-15(27-5)9-7-14/h6-9,11-12H,10H2,1-5H3,(H,19,20,21,22). The van der Waals surface area contributed by atoms with Gasteiger partial charge in [0.2, 0.25) is 11.9 Å². The number of ether oxygens (including phenoxy) is 1. The molecule has 0 radical (unpaired) electrons. The van der Waals surface area contributed by atoms with Crippen LogP contribution in [0.15, 0.2) is 30.5 Å². The molecule has 0 aliphatic heterocycles. The first-order chi connectivity index (χ1) is 13.0. The van der Waals surface area contributed by atoms with Crippen molar-refractivity contribution in [1.29, 1.82) is 0 Å². The molecule has 27 heavy (non-hydrogen) atoms. The molecule has 2 heterocycles. The predicted molar refractivity (Wildman–Crippen MR) is 103 cm³/mol. The molecule has 1 aromatic carbocycles. The summed E-state index contributed by atoms with van der Waals surface area (Å²) in [6.45, 7) is 4.57. The Kier molecular flexibility index (Phi) is 5.49. The van der Waals surface area contributed by atoms with Crippen LogP contribution < -0.4 is 15.0 Å². The van der Waals surface area contributed by atoms with Crippen molar-refractivity contribution < 1.29 is 4.74 Å². The summed E-state index contributed by atoms with van der Waals surface area (Å²) in [5.41, 5.74) is 1.69. The first-order valence-electron chi connectivity index (χ1n) is 8.69. The van der Waals surface area contributed by atoms with E-state index >= 15 is 0 Å². The normalized spacial score (nSPS) is 10.9. The highest BCUT2D eigenvalue weighted by molar-refractivity contribution is 5.38. The maximum Gasteiger partial charge on any atom is 0.229 e. The van der Waals surface area contributed by atoms with Gasteiger partial charge in [0.25, 0.3) is 0 Å². The zero-order valence-electron chi connectivity index (χ0n) is 16.2. The maximum atomic E-state index is 5.17. The van der Waals surface area contributed by atoms with Crippen molar-refractivity contribution in [3.8, 4) is 11.4 Å². The second-order valence-electron chi connectivity index (χ2n) is 6.57. The number of anilines is 2. The fourth-order valence-corrected chi connectivity index (χ4v) is 2.33. The Morgan fingerprint density at radius 1 is 1.11 bits per heavy atom. The van der Waals surface area contributed by atoms with E-state index in [4.69, 9.17) is 4.74 Å². The minimum absolute atomic E-state index is 0.211. The van der Waals surface area contributed by atoms with Crippen LogP contribution in [0.2, 0.25) is 0 Å². The Labute approximate surface area is 158 Å². The molecule has 0 saturated carbocycles. The van der Waals surface area contributed by atoms with E-state index in [0.717, 1.165) is 23.0 Å². The van der Waals surface area contributed by atoms with Gasteiger partial charge < -0.3 is 15.0 Å². The molecule has 0 spiro atoms. The van der Waals surface area contributed by atoms with E-state index in [9.17, 15) is 0 Å². The third-order valence-corrected chi connectivity index (χ3v) is 3.86. The second kappa shape index (κ2) is 7.98. The topological polar surface area (TPSA) is 93.9 Å². The third-order valence-electron chi connectivity index (χ3n) is 3.86. The Morgan fingerprint density at radius 2 is 1.85 bits per heavy atom. The number of nitrogens with zero attached hydrogens (tertiary/aromatic N) is 7. The molecule has 3 rings (SSSR count). The monoisotopic (exact) mass is 368 g/mol. The van der Waals surface area contributed by atoms with Gasteiger partial charge in [0, 0.05) is 20.0 Å². The summed E-state index contributed by atoms with van der Waals surface area (Å²) in [7, 11) is 5.45. The second-order valence-corrected chi connectivity index (χ2v) is 6.57. The number of rotatable bonds is 7. The number of methoxy groups -OCH3 is 1. The Morgan fingerprint density at radius 3 is 2.48 bits per heavy atom. The zero-order valence-corrected chi connectivity index (χ0v) is 16.2. The summed E-state index contributed by atoms with van der Waals surface area (Å²) >= 11 is 0. The van der Waals surface area contributed by atoms with Gasteiger partial charge in [-0.2, -0.15) is 15.0 Å². The molecule has 0 atom stereocenters. The van der Waals surface area contributed by atoms with E-state index < -0.39 is 0 Å². The average molecular weight is 368 g/mol. The van der Waals surface area contributed by atoms with Gasteiger partial charge in [0.15, 0.2) is 0 Å². The van der Waals surface area contributed by atoms with Crippen LogP contribution >= 0.6 is 0 Å². The van der Waals surface area contributed by atoms with Crippen LogP contribution in [0.3, 0.4) is 0 Å². The summed E-state index contributed by atoms with van der Waals surface area (Å²) < 4.78 is 6.89. The Hall–Kier alpha value is -3.23. The van der Waals surface area contributed by atoms with E-state index in [0.29, 0.717) is 18.4 Å². The minimum atomic E-state index is 0.211. The SMILES string of the molecule is COc1ccc(-n2cc(CNc3nc(C(C)C)nc(N(C)C)n3)nn2)cc1. The molecule has 142 valence electrons. The van der Waals surface area contributed by atoms with Crippen LogP contribution in [-0.4, -0.2) is 51.2 Å². The smallest absolute Gasteiger partial charge is 0.229 e. The number of nitrogens with one attached hydrogen (secondary N) is 1. The van der Waals surface area contributed by atoms with Crippen molar-refractivity contribution in [2.45, 2.75) is 26.3 Å². The van der Waals surface area contributed by atoms with Gasteiger partial charge in [0.1, 0.15) is 17.3 Å². The quantitative estimate of drug-likeness (QED) is 0.679. The van der Waals surface area contributed by atoms with Gasteiger partial charge in [0.05, 0.1) is 25.5 Å². The van der Waals surface area contributed by atoms with Crippen LogP contribution in [0.1, 0.15) is 31.3 Å². The van der Waals surface area contributed by atoms with Crippen LogP contribution in [0, 0.1) is 0 Å². The van der Waals surface area contributed by atoms with E-state index in [1.807, 2.05) is 49.5 Å². The van der Waals surface area contributed by atoms with Crippen LogP contribution in [0.25, 0.3) is 5.69 Å². The van der Waals surface area contributed by atoms with Crippen molar-refractivity contribution in [1.82, 2.24) is 29.9 Å². The van der Waals surface area contributed by atoms with Crippen molar-refractivity contribution in [3.63, 3.8) is 0 Å². The summed E-state index contributed by atoms with van der Waals surface area (Å²) in [5, 5.41) is 11.6. The third kappa shape index (κ3) is 4.49. The molecule has 0 fully saturated rings. The van der Waals surface area contributed by atoms with Crippen LogP contribution in [-0.2, 0) is 6.54 Å². The maximum absolute atomic E-state index is 5.17. The molecule has 3 aromatic rings. The lowest BCUT2D eigenvalue weighted by atomic mass is 10.2. The van der Waals surface area contributed by atoms with E-state index in [2.05, 4.69) is 44.4 Å².